The van der Waals surface area contributed by atoms with Gasteiger partial charge in [0, 0.05) is 25.3 Å². The van der Waals surface area contributed by atoms with Crippen LogP contribution in [0.5, 0.6) is 0 Å². The molecule has 0 saturated carbocycles. The van der Waals surface area contributed by atoms with Crippen molar-refractivity contribution < 1.29 is 4.79 Å². The minimum absolute atomic E-state index is 0.0179. The topological polar surface area (TPSA) is 71.0 Å². The number of aromatic nitrogens is 3. The number of benzene rings is 1. The van der Waals surface area contributed by atoms with Gasteiger partial charge >= 0.3 is 0 Å². The Morgan fingerprint density at radius 2 is 1.91 bits per heavy atom. The third kappa shape index (κ3) is 3.58. The second-order valence-corrected chi connectivity index (χ2v) is 4.99. The summed E-state index contributed by atoms with van der Waals surface area (Å²) in [5.41, 5.74) is 3.51. The van der Waals surface area contributed by atoms with Gasteiger partial charge in [-0.05, 0) is 31.0 Å². The highest BCUT2D eigenvalue weighted by Crippen LogP contribution is 2.21. The fourth-order valence-electron chi connectivity index (χ4n) is 2.09. The van der Waals surface area contributed by atoms with Crippen LogP contribution in [-0.2, 0) is 17.6 Å². The Bertz CT molecular complexity index is 671. The predicted octanol–water partition coefficient (Wildman–Crippen LogP) is 2.72. The molecule has 6 heteroatoms. The predicted molar refractivity (Wildman–Crippen MR) is 87.4 cm³/mol. The molecule has 0 aliphatic carbocycles. The summed E-state index contributed by atoms with van der Waals surface area (Å²) in [5, 5.41) is 11.5. The van der Waals surface area contributed by atoms with Gasteiger partial charge in [0.05, 0.1) is 11.4 Å². The summed E-state index contributed by atoms with van der Waals surface area (Å²) in [6.07, 6.45) is 1.64. The molecule has 0 unspecified atom stereocenters. The van der Waals surface area contributed by atoms with Crippen LogP contribution < -0.4 is 10.2 Å². The second kappa shape index (κ2) is 6.98. The van der Waals surface area contributed by atoms with E-state index in [1.807, 2.05) is 31.2 Å². The van der Waals surface area contributed by atoms with Gasteiger partial charge in [0.2, 0.25) is 11.9 Å². The molecule has 1 aromatic carbocycles. The molecule has 1 aromatic heterocycles. The highest BCUT2D eigenvalue weighted by Gasteiger charge is 2.08. The summed E-state index contributed by atoms with van der Waals surface area (Å²) in [6.45, 7) is 5.62. The number of nitrogens with zero attached hydrogens (tertiary/aromatic N) is 4. The lowest BCUT2D eigenvalue weighted by molar-refractivity contribution is -0.116. The lowest BCUT2D eigenvalue weighted by Gasteiger charge is -2.16. The fourth-order valence-corrected chi connectivity index (χ4v) is 2.09. The molecule has 2 rings (SSSR count). The van der Waals surface area contributed by atoms with Crippen molar-refractivity contribution >= 4 is 23.2 Å². The Morgan fingerprint density at radius 1 is 1.18 bits per heavy atom. The van der Waals surface area contributed by atoms with Gasteiger partial charge in [0.1, 0.15) is 0 Å². The zero-order chi connectivity index (χ0) is 16.1. The van der Waals surface area contributed by atoms with Crippen molar-refractivity contribution in [1.29, 1.82) is 0 Å². The van der Waals surface area contributed by atoms with Crippen molar-refractivity contribution in [3.8, 4) is 0 Å². The van der Waals surface area contributed by atoms with Gasteiger partial charge in [0.25, 0.3) is 0 Å². The quantitative estimate of drug-likeness (QED) is 0.919. The Labute approximate surface area is 130 Å². The van der Waals surface area contributed by atoms with E-state index in [9.17, 15) is 4.79 Å². The molecule has 1 amide bonds. The highest BCUT2D eigenvalue weighted by atomic mass is 16.2. The number of hydrogen-bond acceptors (Lipinski definition) is 5. The molecular formula is C16H21N5O. The van der Waals surface area contributed by atoms with Crippen LogP contribution in [0.3, 0.4) is 0 Å². The molecular weight excluding hydrogens is 278 g/mol. The summed E-state index contributed by atoms with van der Waals surface area (Å²) in [6, 6.07) is 7.54. The lowest BCUT2D eigenvalue weighted by atomic mass is 10.2. The van der Waals surface area contributed by atoms with Crippen molar-refractivity contribution in [2.45, 2.75) is 33.6 Å². The van der Waals surface area contributed by atoms with E-state index >= 15 is 0 Å². The molecule has 1 heterocycles. The molecule has 0 bridgehead atoms. The molecule has 22 heavy (non-hydrogen) atoms. The van der Waals surface area contributed by atoms with Crippen molar-refractivity contribution in [2.75, 3.05) is 17.3 Å². The first-order chi connectivity index (χ1) is 10.5. The second-order valence-electron chi connectivity index (χ2n) is 4.99. The normalized spacial score (nSPS) is 10.4. The molecule has 0 aliphatic heterocycles. The van der Waals surface area contributed by atoms with E-state index in [0.717, 1.165) is 35.6 Å². The third-order valence-corrected chi connectivity index (χ3v) is 3.47. The first-order valence-electron chi connectivity index (χ1n) is 7.39. The van der Waals surface area contributed by atoms with E-state index in [1.54, 1.807) is 11.9 Å². The van der Waals surface area contributed by atoms with Crippen molar-refractivity contribution in [3.05, 3.63) is 35.7 Å². The molecule has 116 valence electrons. The SMILES string of the molecule is CCc1nnc(Nc2cccc(N(C)C(C)=O)c2)nc1CC. The maximum Gasteiger partial charge on any atom is 0.247 e. The van der Waals surface area contributed by atoms with Gasteiger partial charge in [0.15, 0.2) is 0 Å². The molecule has 0 spiro atoms. The zero-order valence-corrected chi connectivity index (χ0v) is 13.4. The van der Waals surface area contributed by atoms with Crippen LogP contribution in [0.2, 0.25) is 0 Å². The molecule has 0 fully saturated rings. The van der Waals surface area contributed by atoms with E-state index in [0.29, 0.717) is 5.95 Å². The van der Waals surface area contributed by atoms with Crippen LogP contribution in [0.1, 0.15) is 32.2 Å². The van der Waals surface area contributed by atoms with Gasteiger partial charge in [-0.2, -0.15) is 0 Å². The fraction of sp³-hybridized carbons (Fsp3) is 0.375. The minimum Gasteiger partial charge on any atom is -0.323 e. The average Bonchev–Trinajstić information content (AvgIpc) is 2.54. The van der Waals surface area contributed by atoms with Crippen molar-refractivity contribution in [3.63, 3.8) is 0 Å². The Morgan fingerprint density at radius 3 is 2.55 bits per heavy atom. The summed E-state index contributed by atoms with van der Waals surface area (Å²) < 4.78 is 0. The Hall–Kier alpha value is -2.50. The van der Waals surface area contributed by atoms with Crippen LogP contribution in [0.4, 0.5) is 17.3 Å². The van der Waals surface area contributed by atoms with E-state index in [1.165, 1.54) is 6.92 Å². The zero-order valence-electron chi connectivity index (χ0n) is 13.4. The van der Waals surface area contributed by atoms with E-state index in [2.05, 4.69) is 27.4 Å². The molecule has 6 nitrogen and oxygen atoms in total. The number of nitrogens with one attached hydrogen (secondary N) is 1. The minimum atomic E-state index is -0.0179. The standard InChI is InChI=1S/C16H21N5O/c1-5-14-15(6-2)19-20-16(18-14)17-12-8-7-9-13(10-12)21(4)11(3)22/h7-10H,5-6H2,1-4H3,(H,17,18,20). The van der Waals surface area contributed by atoms with E-state index in [4.69, 9.17) is 0 Å². The summed E-state index contributed by atoms with van der Waals surface area (Å²) in [5.74, 6) is 0.451. The van der Waals surface area contributed by atoms with Gasteiger partial charge in [-0.15, -0.1) is 10.2 Å². The number of carbonyl (C=O) groups excluding carboxylic acids is 1. The monoisotopic (exact) mass is 299 g/mol. The van der Waals surface area contributed by atoms with Crippen LogP contribution in [0.25, 0.3) is 0 Å². The number of amides is 1. The maximum atomic E-state index is 11.4. The summed E-state index contributed by atoms with van der Waals surface area (Å²) in [4.78, 5) is 17.5. The third-order valence-electron chi connectivity index (χ3n) is 3.47. The molecule has 1 N–H and O–H groups in total. The van der Waals surface area contributed by atoms with E-state index in [-0.39, 0.29) is 5.91 Å². The smallest absolute Gasteiger partial charge is 0.247 e. The summed E-state index contributed by atoms with van der Waals surface area (Å²) >= 11 is 0. The first kappa shape index (κ1) is 15.9. The molecule has 0 saturated heterocycles. The van der Waals surface area contributed by atoms with Crippen LogP contribution in [-0.4, -0.2) is 28.1 Å². The molecule has 0 aliphatic rings. The number of anilines is 3. The van der Waals surface area contributed by atoms with Crippen LogP contribution in [0, 0.1) is 0 Å². The van der Waals surface area contributed by atoms with E-state index < -0.39 is 0 Å². The van der Waals surface area contributed by atoms with Gasteiger partial charge in [-0.25, -0.2) is 4.98 Å². The maximum absolute atomic E-state index is 11.4. The Kier molecular flexibility index (Phi) is 5.04. The highest BCUT2D eigenvalue weighted by molar-refractivity contribution is 5.91. The number of rotatable bonds is 5. The average molecular weight is 299 g/mol. The van der Waals surface area contributed by atoms with Crippen molar-refractivity contribution in [1.82, 2.24) is 15.2 Å². The molecule has 0 atom stereocenters. The van der Waals surface area contributed by atoms with Gasteiger partial charge < -0.3 is 10.2 Å². The van der Waals surface area contributed by atoms with Crippen LogP contribution in [0.15, 0.2) is 24.3 Å². The van der Waals surface area contributed by atoms with Gasteiger partial charge in [-0.1, -0.05) is 19.9 Å². The number of aryl methyl sites for hydroxylation is 2. The van der Waals surface area contributed by atoms with Gasteiger partial charge in [-0.3, -0.25) is 4.79 Å². The lowest BCUT2D eigenvalue weighted by Crippen LogP contribution is -2.22. The largest absolute Gasteiger partial charge is 0.323 e. The number of carbonyl (C=O) groups is 1. The Balaban J connectivity index is 2.24. The first-order valence-corrected chi connectivity index (χ1v) is 7.39. The molecule has 0 radical (unpaired) electrons. The molecule has 2 aromatic rings. The van der Waals surface area contributed by atoms with Crippen LogP contribution >= 0.6 is 0 Å². The summed E-state index contributed by atoms with van der Waals surface area (Å²) in [7, 11) is 1.74. The van der Waals surface area contributed by atoms with Crippen molar-refractivity contribution in [2.24, 2.45) is 0 Å². The number of hydrogen-bond donors (Lipinski definition) is 1.